The maximum Gasteiger partial charge on any atom is 0.409 e. The van der Waals surface area contributed by atoms with E-state index in [0.717, 1.165) is 17.6 Å². The molecule has 4 nitrogen and oxygen atoms in total. The summed E-state index contributed by atoms with van der Waals surface area (Å²) in [5, 5.41) is 0. The molecule has 17 heavy (non-hydrogen) atoms. The molecule has 2 rings (SSSR count). The topological polar surface area (TPSA) is 32.8 Å². The van der Waals surface area contributed by atoms with Crippen molar-refractivity contribution in [2.45, 2.75) is 0 Å². The summed E-state index contributed by atoms with van der Waals surface area (Å²) in [6, 6.07) is 8.13. The van der Waals surface area contributed by atoms with Crippen molar-refractivity contribution in [3.05, 3.63) is 28.7 Å². The Morgan fingerprint density at radius 2 is 1.88 bits per heavy atom. The Bertz CT molecular complexity index is 403. The van der Waals surface area contributed by atoms with Gasteiger partial charge in [0.15, 0.2) is 0 Å². The number of benzene rings is 1. The first-order valence-electron chi connectivity index (χ1n) is 5.54. The number of carbonyl (C=O) groups is 1. The van der Waals surface area contributed by atoms with Crippen LogP contribution in [0.15, 0.2) is 28.7 Å². The van der Waals surface area contributed by atoms with Crippen molar-refractivity contribution < 1.29 is 9.53 Å². The second-order valence-corrected chi connectivity index (χ2v) is 4.75. The molecule has 0 unspecified atom stereocenters. The molecule has 0 bridgehead atoms. The maximum absolute atomic E-state index is 11.4. The number of piperazine rings is 1. The molecule has 0 saturated carbocycles. The van der Waals surface area contributed by atoms with E-state index in [2.05, 4.69) is 26.9 Å². The number of nitrogens with zero attached hydrogens (tertiary/aromatic N) is 2. The van der Waals surface area contributed by atoms with Gasteiger partial charge in [0.05, 0.1) is 12.8 Å². The average molecular weight is 299 g/mol. The van der Waals surface area contributed by atoms with E-state index >= 15 is 0 Å². The summed E-state index contributed by atoms with van der Waals surface area (Å²) >= 11 is 3.54. The summed E-state index contributed by atoms with van der Waals surface area (Å²) in [5.74, 6) is 0. The van der Waals surface area contributed by atoms with Crippen molar-refractivity contribution in [1.82, 2.24) is 4.90 Å². The monoisotopic (exact) mass is 298 g/mol. The predicted octanol–water partition coefficient (Wildman–Crippen LogP) is 2.34. The zero-order chi connectivity index (χ0) is 12.3. The van der Waals surface area contributed by atoms with Crippen LogP contribution < -0.4 is 4.90 Å². The molecule has 1 aliphatic heterocycles. The van der Waals surface area contributed by atoms with Crippen molar-refractivity contribution in [1.29, 1.82) is 0 Å². The van der Waals surface area contributed by atoms with Crippen LogP contribution in [-0.2, 0) is 4.74 Å². The average Bonchev–Trinajstić information content (AvgIpc) is 2.39. The van der Waals surface area contributed by atoms with Crippen molar-refractivity contribution in [3.63, 3.8) is 0 Å². The van der Waals surface area contributed by atoms with Gasteiger partial charge in [-0.25, -0.2) is 4.79 Å². The van der Waals surface area contributed by atoms with E-state index in [0.29, 0.717) is 13.1 Å². The van der Waals surface area contributed by atoms with Gasteiger partial charge in [-0.05, 0) is 28.1 Å². The van der Waals surface area contributed by atoms with Crippen LogP contribution in [0.3, 0.4) is 0 Å². The van der Waals surface area contributed by atoms with Gasteiger partial charge >= 0.3 is 6.09 Å². The minimum atomic E-state index is -0.239. The first kappa shape index (κ1) is 12.2. The van der Waals surface area contributed by atoms with Crippen molar-refractivity contribution in [3.8, 4) is 0 Å². The number of rotatable bonds is 1. The normalized spacial score (nSPS) is 15.9. The number of para-hydroxylation sites is 1. The highest BCUT2D eigenvalue weighted by Crippen LogP contribution is 2.26. The molecule has 5 heteroatoms. The lowest BCUT2D eigenvalue weighted by Crippen LogP contribution is -2.48. The summed E-state index contributed by atoms with van der Waals surface area (Å²) in [5.41, 5.74) is 1.18. The fraction of sp³-hybridized carbons (Fsp3) is 0.417. The van der Waals surface area contributed by atoms with Crippen LogP contribution in [0.2, 0.25) is 0 Å². The number of ether oxygens (including phenoxy) is 1. The summed E-state index contributed by atoms with van der Waals surface area (Å²) < 4.78 is 5.80. The number of hydrogen-bond acceptors (Lipinski definition) is 3. The van der Waals surface area contributed by atoms with Crippen molar-refractivity contribution in [2.75, 3.05) is 38.2 Å². The molecular weight excluding hydrogens is 284 g/mol. The highest BCUT2D eigenvalue weighted by atomic mass is 79.9. The molecule has 1 aromatic rings. The van der Waals surface area contributed by atoms with Crippen molar-refractivity contribution >= 4 is 27.7 Å². The van der Waals surface area contributed by atoms with Crippen LogP contribution in [0.25, 0.3) is 0 Å². The first-order chi connectivity index (χ1) is 8.22. The molecule has 0 aromatic heterocycles. The Morgan fingerprint density at radius 3 is 2.47 bits per heavy atom. The smallest absolute Gasteiger partial charge is 0.409 e. The Morgan fingerprint density at radius 1 is 1.24 bits per heavy atom. The first-order valence-corrected chi connectivity index (χ1v) is 6.34. The van der Waals surface area contributed by atoms with E-state index in [1.54, 1.807) is 4.90 Å². The zero-order valence-corrected chi connectivity index (χ0v) is 11.3. The van der Waals surface area contributed by atoms with Gasteiger partial charge in [-0.3, -0.25) is 0 Å². The third-order valence-electron chi connectivity index (χ3n) is 2.91. The SMILES string of the molecule is COC(=O)N1CCN(c2ccccc2Br)CC1. The third-order valence-corrected chi connectivity index (χ3v) is 3.58. The van der Waals surface area contributed by atoms with Gasteiger partial charge in [0, 0.05) is 30.7 Å². The van der Waals surface area contributed by atoms with Gasteiger partial charge < -0.3 is 14.5 Å². The van der Waals surface area contributed by atoms with Crippen LogP contribution in [0.1, 0.15) is 0 Å². The number of anilines is 1. The highest BCUT2D eigenvalue weighted by molar-refractivity contribution is 9.10. The fourth-order valence-corrected chi connectivity index (χ4v) is 2.50. The van der Waals surface area contributed by atoms with Gasteiger partial charge in [-0.1, -0.05) is 12.1 Å². The van der Waals surface area contributed by atoms with E-state index in [9.17, 15) is 4.79 Å². The Kier molecular flexibility index (Phi) is 3.89. The quantitative estimate of drug-likeness (QED) is 0.798. The number of halogens is 1. The molecule has 1 aromatic carbocycles. The van der Waals surface area contributed by atoms with Gasteiger partial charge in [-0.2, -0.15) is 0 Å². The molecule has 0 atom stereocenters. The van der Waals surface area contributed by atoms with Gasteiger partial charge in [-0.15, -0.1) is 0 Å². The van der Waals surface area contributed by atoms with Crippen LogP contribution in [0.4, 0.5) is 10.5 Å². The lowest BCUT2D eigenvalue weighted by atomic mass is 10.2. The molecule has 1 aliphatic rings. The Hall–Kier alpha value is -1.23. The Balaban J connectivity index is 2.00. The molecule has 0 radical (unpaired) electrons. The third kappa shape index (κ3) is 2.72. The second kappa shape index (κ2) is 5.40. The molecule has 0 N–H and O–H groups in total. The number of amides is 1. The summed E-state index contributed by atoms with van der Waals surface area (Å²) in [4.78, 5) is 15.3. The van der Waals surface area contributed by atoms with Crippen LogP contribution in [0, 0.1) is 0 Å². The molecule has 1 saturated heterocycles. The molecule has 0 spiro atoms. The Labute approximate surface area is 109 Å². The lowest BCUT2D eigenvalue weighted by Gasteiger charge is -2.35. The second-order valence-electron chi connectivity index (χ2n) is 3.90. The molecule has 1 fully saturated rings. The van der Waals surface area contributed by atoms with E-state index in [1.165, 1.54) is 12.8 Å². The van der Waals surface area contributed by atoms with Crippen LogP contribution >= 0.6 is 15.9 Å². The van der Waals surface area contributed by atoms with E-state index in [-0.39, 0.29) is 6.09 Å². The lowest BCUT2D eigenvalue weighted by molar-refractivity contribution is 0.121. The van der Waals surface area contributed by atoms with Gasteiger partial charge in [0.25, 0.3) is 0 Å². The van der Waals surface area contributed by atoms with Gasteiger partial charge in [0.2, 0.25) is 0 Å². The summed E-state index contributed by atoms with van der Waals surface area (Å²) in [7, 11) is 1.42. The van der Waals surface area contributed by atoms with E-state index < -0.39 is 0 Å². The number of carbonyl (C=O) groups excluding carboxylic acids is 1. The minimum Gasteiger partial charge on any atom is -0.453 e. The number of hydrogen-bond donors (Lipinski definition) is 0. The molecular formula is C12H15BrN2O2. The fourth-order valence-electron chi connectivity index (χ4n) is 1.97. The van der Waals surface area contributed by atoms with Crippen LogP contribution in [0.5, 0.6) is 0 Å². The zero-order valence-electron chi connectivity index (χ0n) is 9.73. The molecule has 92 valence electrons. The van der Waals surface area contributed by atoms with Crippen molar-refractivity contribution in [2.24, 2.45) is 0 Å². The van der Waals surface area contributed by atoms with Crippen LogP contribution in [-0.4, -0.2) is 44.3 Å². The standard InChI is InChI=1S/C12H15BrN2O2/c1-17-12(16)15-8-6-14(7-9-15)11-5-3-2-4-10(11)13/h2-5H,6-9H2,1H3. The summed E-state index contributed by atoms with van der Waals surface area (Å²) in [6.45, 7) is 3.07. The highest BCUT2D eigenvalue weighted by Gasteiger charge is 2.22. The van der Waals surface area contributed by atoms with E-state index in [4.69, 9.17) is 4.74 Å². The molecule has 0 aliphatic carbocycles. The number of methoxy groups -OCH3 is 1. The summed E-state index contributed by atoms with van der Waals surface area (Å²) in [6.07, 6.45) is -0.239. The minimum absolute atomic E-state index is 0.239. The largest absolute Gasteiger partial charge is 0.453 e. The van der Waals surface area contributed by atoms with E-state index in [1.807, 2.05) is 18.2 Å². The predicted molar refractivity (Wildman–Crippen MR) is 70.3 cm³/mol. The molecule has 1 heterocycles. The maximum atomic E-state index is 11.4. The van der Waals surface area contributed by atoms with Gasteiger partial charge in [0.1, 0.15) is 0 Å². The molecule has 1 amide bonds.